The Bertz CT molecular complexity index is 185. The van der Waals surface area contributed by atoms with Crippen LogP contribution in [0.1, 0.15) is 39.5 Å². The summed E-state index contributed by atoms with van der Waals surface area (Å²) in [5.74, 6) is 0. The Labute approximate surface area is 73.4 Å². The summed E-state index contributed by atoms with van der Waals surface area (Å²) in [4.78, 5) is 1.66. The van der Waals surface area contributed by atoms with E-state index in [4.69, 9.17) is 0 Å². The van der Waals surface area contributed by atoms with Gasteiger partial charge < -0.3 is 0 Å². The van der Waals surface area contributed by atoms with Gasteiger partial charge in [0.05, 0.1) is 5.11 Å². The highest BCUT2D eigenvalue weighted by atomic mass is 15.6. The second-order valence-corrected chi connectivity index (χ2v) is 2.99. The van der Waals surface area contributed by atoms with Crippen molar-refractivity contribution in [2.75, 3.05) is 6.54 Å². The molecule has 0 aromatic carbocycles. The van der Waals surface area contributed by atoms with E-state index in [-0.39, 0.29) is 6.17 Å². The molecule has 1 aliphatic rings. The Hall–Kier alpha value is -0.800. The van der Waals surface area contributed by atoms with Crippen LogP contribution in [0.4, 0.5) is 0 Å². The van der Waals surface area contributed by atoms with Crippen LogP contribution >= 0.6 is 0 Å². The maximum atomic E-state index is 4.28. The van der Waals surface area contributed by atoms with Crippen molar-refractivity contribution in [3.8, 4) is 0 Å². The molecule has 0 radical (unpaired) electrons. The average Bonchev–Trinajstić information content (AvgIpc) is 2.53. The average molecular weight is 169 g/mol. The summed E-state index contributed by atoms with van der Waals surface area (Å²) >= 11 is 0. The van der Waals surface area contributed by atoms with E-state index in [0.29, 0.717) is 0 Å². The van der Waals surface area contributed by atoms with Gasteiger partial charge in [0.1, 0.15) is 6.54 Å². The Balaban J connectivity index is 2.19. The molecule has 0 spiro atoms. The van der Waals surface area contributed by atoms with Gasteiger partial charge >= 0.3 is 0 Å². The molecule has 0 aliphatic carbocycles. The third-order valence-electron chi connectivity index (χ3n) is 1.90. The van der Waals surface area contributed by atoms with E-state index >= 15 is 0 Å². The summed E-state index contributed by atoms with van der Waals surface area (Å²) in [5, 5.41) is 12.2. The molecular formula is C8H17N4+. The first-order valence-electron chi connectivity index (χ1n) is 4.76. The van der Waals surface area contributed by atoms with Crippen molar-refractivity contribution >= 4 is 0 Å². The topological polar surface area (TPSA) is 40.1 Å². The minimum atomic E-state index is 0.108. The van der Waals surface area contributed by atoms with Crippen molar-refractivity contribution in [3.63, 3.8) is 0 Å². The fraction of sp³-hybridized carbons (Fsp3) is 1.00. The highest BCUT2D eigenvalue weighted by Gasteiger charge is 2.20. The number of unbranched alkanes of at least 4 members (excludes halogenated alkanes) is 2. The number of azo groups is 1. The maximum Gasteiger partial charge on any atom is 0.295 e. The predicted molar refractivity (Wildman–Crippen MR) is 46.0 cm³/mol. The molecule has 0 N–H and O–H groups in total. The first-order chi connectivity index (χ1) is 5.86. The molecule has 4 nitrogen and oxygen atoms in total. The molecule has 1 atom stereocenters. The van der Waals surface area contributed by atoms with Gasteiger partial charge in [-0.1, -0.05) is 19.8 Å². The number of hydrogen-bond donors (Lipinski definition) is 0. The van der Waals surface area contributed by atoms with Crippen LogP contribution in [0.25, 0.3) is 0 Å². The summed E-state index contributed by atoms with van der Waals surface area (Å²) in [6.07, 6.45) is 4.89. The lowest BCUT2D eigenvalue weighted by Gasteiger charge is -1.93. The van der Waals surface area contributed by atoms with Crippen LogP contribution in [0.3, 0.4) is 0 Å². The van der Waals surface area contributed by atoms with Gasteiger partial charge in [-0.25, -0.2) is 0 Å². The summed E-state index contributed by atoms with van der Waals surface area (Å²) in [6.45, 7) is 5.05. The molecule has 0 aromatic heterocycles. The van der Waals surface area contributed by atoms with Crippen molar-refractivity contribution < 1.29 is 4.81 Å². The van der Waals surface area contributed by atoms with E-state index < -0.39 is 0 Å². The van der Waals surface area contributed by atoms with Crippen molar-refractivity contribution in [1.29, 1.82) is 0 Å². The summed E-state index contributed by atoms with van der Waals surface area (Å²) in [7, 11) is 0. The highest BCUT2D eigenvalue weighted by molar-refractivity contribution is 4.57. The second-order valence-electron chi connectivity index (χ2n) is 2.99. The molecule has 1 unspecified atom stereocenters. The van der Waals surface area contributed by atoms with Gasteiger partial charge in [-0.05, 0) is 23.3 Å². The van der Waals surface area contributed by atoms with Gasteiger partial charge in [0.2, 0.25) is 0 Å². The standard InChI is InChI=1S/C8H17N4/c1-3-5-6-7-8-9-11-12(4-2)10-8/h8H,3-7H2,1-2H3/q+1. The molecule has 0 saturated carbocycles. The molecule has 0 fully saturated rings. The monoisotopic (exact) mass is 169 g/mol. The largest absolute Gasteiger partial charge is 0.295 e. The molecule has 4 heteroatoms. The quantitative estimate of drug-likeness (QED) is 0.448. The molecule has 0 bridgehead atoms. The first-order valence-corrected chi connectivity index (χ1v) is 4.76. The molecule has 1 rings (SSSR count). The van der Waals surface area contributed by atoms with Crippen molar-refractivity contribution in [1.82, 2.24) is 0 Å². The lowest BCUT2D eigenvalue weighted by Crippen LogP contribution is -2.00. The lowest BCUT2D eigenvalue weighted by atomic mass is 10.2. The summed E-state index contributed by atoms with van der Waals surface area (Å²) in [5.41, 5.74) is 0. The van der Waals surface area contributed by atoms with Gasteiger partial charge in [0.25, 0.3) is 6.17 Å². The van der Waals surface area contributed by atoms with Gasteiger partial charge in [0, 0.05) is 6.42 Å². The Kier molecular flexibility index (Phi) is 3.84. The first kappa shape index (κ1) is 9.29. The molecule has 0 saturated heterocycles. The lowest BCUT2D eigenvalue weighted by molar-refractivity contribution is -0.595. The molecular weight excluding hydrogens is 152 g/mol. The third-order valence-corrected chi connectivity index (χ3v) is 1.90. The van der Waals surface area contributed by atoms with Gasteiger partial charge in [0.15, 0.2) is 5.22 Å². The number of hydrogen-bond acceptors (Lipinski definition) is 3. The van der Waals surface area contributed by atoms with Crippen LogP contribution in [-0.4, -0.2) is 17.5 Å². The predicted octanol–water partition coefficient (Wildman–Crippen LogP) is 2.76. The second kappa shape index (κ2) is 4.95. The van der Waals surface area contributed by atoms with E-state index in [1.807, 2.05) is 6.92 Å². The Morgan fingerprint density at radius 1 is 1.25 bits per heavy atom. The van der Waals surface area contributed by atoms with Crippen LogP contribution in [0.5, 0.6) is 0 Å². The zero-order chi connectivity index (χ0) is 8.81. The van der Waals surface area contributed by atoms with E-state index in [0.717, 1.165) is 13.0 Å². The molecule has 68 valence electrons. The minimum absolute atomic E-state index is 0.108. The smallest absolute Gasteiger partial charge is 0.0654 e. The fourth-order valence-electron chi connectivity index (χ4n) is 1.16. The van der Waals surface area contributed by atoms with Crippen LogP contribution < -0.4 is 0 Å². The SMILES string of the molecule is CCCCCC1N=N[N+](CC)=N1. The molecule has 1 aliphatic heterocycles. The van der Waals surface area contributed by atoms with Crippen LogP contribution in [0, 0.1) is 0 Å². The van der Waals surface area contributed by atoms with Crippen molar-refractivity contribution in [2.24, 2.45) is 15.5 Å². The number of nitrogens with zero attached hydrogens (tertiary/aromatic N) is 4. The molecule has 1 heterocycles. The van der Waals surface area contributed by atoms with Gasteiger partial charge in [-0.3, -0.25) is 0 Å². The van der Waals surface area contributed by atoms with Crippen molar-refractivity contribution in [2.45, 2.75) is 45.7 Å². The third kappa shape index (κ3) is 2.68. The fourth-order valence-corrected chi connectivity index (χ4v) is 1.16. The van der Waals surface area contributed by atoms with E-state index in [9.17, 15) is 0 Å². The maximum absolute atomic E-state index is 4.28. The summed E-state index contributed by atoms with van der Waals surface area (Å²) in [6, 6.07) is 0. The molecule has 0 amide bonds. The Morgan fingerprint density at radius 2 is 2.08 bits per heavy atom. The van der Waals surface area contributed by atoms with E-state index in [1.54, 1.807) is 4.81 Å². The van der Waals surface area contributed by atoms with Gasteiger partial charge in [-0.15, -0.1) is 0 Å². The zero-order valence-corrected chi connectivity index (χ0v) is 7.90. The number of rotatable bonds is 5. The minimum Gasteiger partial charge on any atom is -0.0654 e. The van der Waals surface area contributed by atoms with Crippen LogP contribution in [0.15, 0.2) is 15.5 Å². The zero-order valence-electron chi connectivity index (χ0n) is 7.90. The van der Waals surface area contributed by atoms with Crippen molar-refractivity contribution in [3.05, 3.63) is 0 Å². The normalized spacial score (nSPS) is 21.5. The Morgan fingerprint density at radius 3 is 2.67 bits per heavy atom. The van der Waals surface area contributed by atoms with E-state index in [1.165, 1.54) is 19.3 Å². The van der Waals surface area contributed by atoms with Crippen LogP contribution in [0.2, 0.25) is 0 Å². The van der Waals surface area contributed by atoms with Gasteiger partial charge in [-0.2, -0.15) is 0 Å². The summed E-state index contributed by atoms with van der Waals surface area (Å²) < 4.78 is 0. The molecule has 0 aromatic rings. The highest BCUT2D eigenvalue weighted by Crippen LogP contribution is 2.12. The molecule has 12 heavy (non-hydrogen) atoms. The van der Waals surface area contributed by atoms with E-state index in [2.05, 4.69) is 22.4 Å². The van der Waals surface area contributed by atoms with Crippen LogP contribution in [-0.2, 0) is 0 Å².